The van der Waals surface area contributed by atoms with Crippen LogP contribution in [-0.2, 0) is 14.3 Å². The molecule has 35 heavy (non-hydrogen) atoms. The van der Waals surface area contributed by atoms with E-state index >= 15 is 0 Å². The third-order valence-corrected chi connectivity index (χ3v) is 6.66. The number of rotatable bonds is 5. The number of carbonyl (C=O) groups excluding carboxylic acids is 1. The molecule has 0 spiro atoms. The van der Waals surface area contributed by atoms with Gasteiger partial charge in [-0.1, -0.05) is 11.6 Å². The van der Waals surface area contributed by atoms with Crippen LogP contribution in [0.25, 0.3) is 0 Å². The first-order valence-electron chi connectivity index (χ1n) is 11.3. The Balaban J connectivity index is 1.09. The Morgan fingerprint density at radius 2 is 1.94 bits per heavy atom. The lowest BCUT2D eigenvalue weighted by Gasteiger charge is -2.33. The number of benzene rings is 1. The van der Waals surface area contributed by atoms with Gasteiger partial charge in [0.1, 0.15) is 11.9 Å². The van der Waals surface area contributed by atoms with Gasteiger partial charge in [-0.3, -0.25) is 9.53 Å². The first-order valence-corrected chi connectivity index (χ1v) is 11.7. The van der Waals surface area contributed by atoms with Gasteiger partial charge in [-0.15, -0.1) is 23.4 Å². The van der Waals surface area contributed by atoms with E-state index in [0.29, 0.717) is 29.2 Å². The Bertz CT molecular complexity index is 1070. The maximum Gasteiger partial charge on any atom is 0.522 e. The molecule has 2 fully saturated rings. The van der Waals surface area contributed by atoms with Gasteiger partial charge in [0.2, 0.25) is 11.8 Å². The van der Waals surface area contributed by atoms with Gasteiger partial charge in [0.05, 0.1) is 24.9 Å². The molecule has 0 bridgehead atoms. The molecule has 2 aromatic rings. The van der Waals surface area contributed by atoms with Gasteiger partial charge in [-0.05, 0) is 43.9 Å². The van der Waals surface area contributed by atoms with E-state index in [1.165, 1.54) is 0 Å². The molecule has 1 amide bonds. The number of aromatic nitrogens is 2. The minimum atomic E-state index is -4.65. The van der Waals surface area contributed by atoms with E-state index in [-0.39, 0.29) is 55.5 Å². The van der Waals surface area contributed by atoms with Crippen LogP contribution in [0.15, 0.2) is 22.6 Å². The Labute approximate surface area is 202 Å². The number of carbonyl (C=O) groups is 1. The van der Waals surface area contributed by atoms with Crippen LogP contribution in [0.2, 0.25) is 5.02 Å². The minimum Gasteiger partial charge on any atom is -0.480 e. The number of alkyl halides is 3. The molecule has 3 heterocycles. The second kappa shape index (κ2) is 9.57. The van der Waals surface area contributed by atoms with Gasteiger partial charge < -0.3 is 24.3 Å². The van der Waals surface area contributed by atoms with Crippen molar-refractivity contribution in [2.24, 2.45) is 0 Å². The van der Waals surface area contributed by atoms with Crippen LogP contribution < -0.4 is 10.1 Å². The third-order valence-electron chi connectivity index (χ3n) is 6.43. The van der Waals surface area contributed by atoms with Crippen LogP contribution in [0, 0.1) is 0 Å². The van der Waals surface area contributed by atoms with E-state index in [4.69, 9.17) is 25.5 Å². The van der Waals surface area contributed by atoms with E-state index in [9.17, 15) is 23.1 Å². The zero-order valence-electron chi connectivity index (χ0n) is 18.3. The molecule has 1 aliphatic carbocycles. The Hall–Kier alpha value is -2.41. The van der Waals surface area contributed by atoms with Gasteiger partial charge in [0, 0.05) is 22.9 Å². The van der Waals surface area contributed by atoms with E-state index in [0.717, 1.165) is 0 Å². The van der Waals surface area contributed by atoms with Crippen molar-refractivity contribution in [1.29, 1.82) is 0 Å². The molecular formula is C22H23ClF3N3O6. The zero-order chi connectivity index (χ0) is 24.7. The number of aliphatic hydroxyl groups is 1. The summed E-state index contributed by atoms with van der Waals surface area (Å²) in [5, 5.41) is 21.7. The average molecular weight is 518 g/mol. The first kappa shape index (κ1) is 24.3. The maximum atomic E-state index is 12.7. The largest absolute Gasteiger partial charge is 0.522 e. The molecule has 0 unspecified atom stereocenters. The highest BCUT2D eigenvalue weighted by molar-refractivity contribution is 6.30. The fourth-order valence-corrected chi connectivity index (χ4v) is 4.71. The quantitative estimate of drug-likeness (QED) is 0.616. The average Bonchev–Trinajstić information content (AvgIpc) is 3.26. The molecule has 2 N–H and O–H groups in total. The summed E-state index contributed by atoms with van der Waals surface area (Å²) in [6, 6.07) is 4.61. The lowest BCUT2D eigenvalue weighted by molar-refractivity contribution is -0.352. The number of hydrogen-bond acceptors (Lipinski definition) is 8. The Morgan fingerprint density at radius 1 is 1.17 bits per heavy atom. The van der Waals surface area contributed by atoms with Crippen LogP contribution in [-0.4, -0.2) is 52.4 Å². The van der Waals surface area contributed by atoms with Gasteiger partial charge in [-0.2, -0.15) is 0 Å². The molecule has 1 saturated carbocycles. The summed E-state index contributed by atoms with van der Waals surface area (Å²) in [5.41, 5.74) is 0.551. The highest BCUT2D eigenvalue weighted by Gasteiger charge is 2.43. The first-order chi connectivity index (χ1) is 16.6. The molecule has 190 valence electrons. The predicted molar refractivity (Wildman–Crippen MR) is 113 cm³/mol. The number of amides is 1. The Morgan fingerprint density at radius 3 is 2.66 bits per heavy atom. The number of ether oxygens (including phenoxy) is 3. The summed E-state index contributed by atoms with van der Waals surface area (Å²) < 4.78 is 58.0. The second-order valence-corrected chi connectivity index (χ2v) is 9.41. The molecule has 5 rings (SSSR count). The highest BCUT2D eigenvalue weighted by atomic mass is 35.5. The monoisotopic (exact) mass is 517 g/mol. The summed E-state index contributed by atoms with van der Waals surface area (Å²) in [4.78, 5) is 12.7. The molecule has 3 aliphatic rings. The van der Waals surface area contributed by atoms with Crippen molar-refractivity contribution in [3.05, 3.63) is 40.6 Å². The number of nitrogens with zero attached hydrogens (tertiary/aromatic N) is 2. The minimum absolute atomic E-state index is 0.107. The van der Waals surface area contributed by atoms with E-state index in [1.54, 1.807) is 18.2 Å². The van der Waals surface area contributed by atoms with Crippen molar-refractivity contribution in [1.82, 2.24) is 15.5 Å². The standard InChI is InChI=1S/C22H23ClF3N3O6/c23-11-1-3-16-14(7-11)15(30)8-18(33-16)19(31)27-12-2-4-17(32-9-12)21-29-28-20(34-21)10-5-13(6-10)35-22(24,25)26/h1,3,7,10,12-13,15,17-18,30H,2,4-6,8-9H2,(H,27,31)/t10-,12-,13+,15-,17+,18-/m1/s1. The van der Waals surface area contributed by atoms with Crippen molar-refractivity contribution in [2.75, 3.05) is 6.61 Å². The lowest BCUT2D eigenvalue weighted by Crippen LogP contribution is -2.48. The fraction of sp³-hybridized carbons (Fsp3) is 0.591. The molecule has 1 aromatic heterocycles. The molecule has 4 atom stereocenters. The predicted octanol–water partition coefficient (Wildman–Crippen LogP) is 3.73. The van der Waals surface area contributed by atoms with Gasteiger partial charge in [0.15, 0.2) is 6.10 Å². The van der Waals surface area contributed by atoms with Gasteiger partial charge in [-0.25, -0.2) is 0 Å². The van der Waals surface area contributed by atoms with Gasteiger partial charge >= 0.3 is 6.36 Å². The number of fused-ring (bicyclic) bond motifs is 1. The van der Waals surface area contributed by atoms with E-state index < -0.39 is 30.8 Å². The molecule has 2 aliphatic heterocycles. The van der Waals surface area contributed by atoms with Crippen molar-refractivity contribution < 1.29 is 41.7 Å². The van der Waals surface area contributed by atoms with Crippen LogP contribution in [0.1, 0.15) is 67.6 Å². The number of aliphatic hydroxyl groups excluding tert-OH is 1. The Kier molecular flexibility index (Phi) is 6.64. The van der Waals surface area contributed by atoms with E-state index in [2.05, 4.69) is 20.3 Å². The summed E-state index contributed by atoms with van der Waals surface area (Å²) in [6.07, 6.45) is -6.20. The topological polar surface area (TPSA) is 116 Å². The van der Waals surface area contributed by atoms with Gasteiger partial charge in [0.25, 0.3) is 5.91 Å². The lowest BCUT2D eigenvalue weighted by atomic mass is 9.82. The number of halogens is 4. The fourth-order valence-electron chi connectivity index (χ4n) is 4.53. The molecule has 9 nitrogen and oxygen atoms in total. The highest BCUT2D eigenvalue weighted by Crippen LogP contribution is 2.41. The number of nitrogens with one attached hydrogen (secondary N) is 1. The van der Waals surface area contributed by atoms with Crippen molar-refractivity contribution in [2.45, 2.75) is 74.8 Å². The summed E-state index contributed by atoms with van der Waals surface area (Å²) in [7, 11) is 0. The molecule has 1 saturated heterocycles. The van der Waals surface area contributed by atoms with Crippen LogP contribution >= 0.6 is 11.6 Å². The number of hydrogen-bond donors (Lipinski definition) is 2. The third kappa shape index (κ3) is 5.55. The smallest absolute Gasteiger partial charge is 0.480 e. The van der Waals surface area contributed by atoms with Crippen LogP contribution in [0.3, 0.4) is 0 Å². The second-order valence-electron chi connectivity index (χ2n) is 8.98. The normalized spacial score (nSPS) is 30.7. The van der Waals surface area contributed by atoms with Crippen molar-refractivity contribution >= 4 is 17.5 Å². The molecule has 1 aromatic carbocycles. The molecule has 13 heteroatoms. The summed E-state index contributed by atoms with van der Waals surface area (Å²) in [5.74, 6) is 0.335. The van der Waals surface area contributed by atoms with Crippen LogP contribution in [0.5, 0.6) is 5.75 Å². The maximum absolute atomic E-state index is 12.7. The van der Waals surface area contributed by atoms with E-state index in [1.807, 2.05) is 0 Å². The van der Waals surface area contributed by atoms with Crippen LogP contribution in [0.4, 0.5) is 13.2 Å². The summed E-state index contributed by atoms with van der Waals surface area (Å²) in [6.45, 7) is 0.209. The molecule has 0 radical (unpaired) electrons. The van der Waals surface area contributed by atoms with Crippen molar-refractivity contribution in [3.63, 3.8) is 0 Å². The SMILES string of the molecule is O=C(N[C@@H]1CC[C@@H](c2nnc([C@H]3C[C@@H](OC(F)(F)F)C3)o2)OC1)[C@H]1C[C@@H](O)c2cc(Cl)ccc2O1. The zero-order valence-corrected chi connectivity index (χ0v) is 19.1. The summed E-state index contributed by atoms with van der Waals surface area (Å²) >= 11 is 5.96. The van der Waals surface area contributed by atoms with Crippen molar-refractivity contribution in [3.8, 4) is 5.75 Å². The molecular weight excluding hydrogens is 495 g/mol.